The first kappa shape index (κ1) is 23.5. The van der Waals surface area contributed by atoms with Crippen molar-refractivity contribution in [1.29, 1.82) is 0 Å². The number of aromatic amines is 1. The molecule has 0 unspecified atom stereocenters. The fourth-order valence-corrected chi connectivity index (χ4v) is 5.32. The highest BCUT2D eigenvalue weighted by molar-refractivity contribution is 8.00. The van der Waals surface area contributed by atoms with E-state index in [4.69, 9.17) is 4.74 Å². The highest BCUT2D eigenvalue weighted by atomic mass is 32.2. The van der Waals surface area contributed by atoms with Crippen LogP contribution in [0, 0.1) is 0 Å². The molecule has 1 fully saturated rings. The Morgan fingerprint density at radius 3 is 2.49 bits per heavy atom. The average Bonchev–Trinajstić information content (AvgIpc) is 3.56. The van der Waals surface area contributed by atoms with Crippen LogP contribution in [0.5, 0.6) is 0 Å². The fourth-order valence-electron chi connectivity index (χ4n) is 4.27. The van der Waals surface area contributed by atoms with E-state index in [2.05, 4.69) is 17.1 Å². The van der Waals surface area contributed by atoms with Crippen molar-refractivity contribution in [2.45, 2.75) is 42.5 Å². The highest BCUT2D eigenvalue weighted by Gasteiger charge is 2.30. The summed E-state index contributed by atoms with van der Waals surface area (Å²) in [7, 11) is 0. The number of nitrogens with one attached hydrogen (secondary N) is 1. The monoisotopic (exact) mass is 495 g/mol. The molecule has 35 heavy (non-hydrogen) atoms. The van der Waals surface area contributed by atoms with E-state index in [1.54, 1.807) is 13.0 Å². The van der Waals surface area contributed by atoms with Gasteiger partial charge in [-0.1, -0.05) is 42.5 Å². The topological polar surface area (TPSA) is 42.1 Å². The zero-order chi connectivity index (χ0) is 24.6. The summed E-state index contributed by atoms with van der Waals surface area (Å²) in [5.74, 6) is -0.458. The van der Waals surface area contributed by atoms with Crippen LogP contribution in [0.2, 0.25) is 0 Å². The number of H-pyrrole nitrogens is 1. The third-order valence-electron chi connectivity index (χ3n) is 6.01. The van der Waals surface area contributed by atoms with Crippen molar-refractivity contribution in [3.8, 4) is 11.1 Å². The minimum Gasteiger partial charge on any atom is -0.461 e. The van der Waals surface area contributed by atoms with Crippen LogP contribution in [0.25, 0.3) is 22.0 Å². The second kappa shape index (κ2) is 9.46. The molecular formula is C28H24F3NO2S. The van der Waals surface area contributed by atoms with Gasteiger partial charge in [-0.2, -0.15) is 13.2 Å². The molecule has 1 aliphatic carbocycles. The van der Waals surface area contributed by atoms with Crippen molar-refractivity contribution in [3.63, 3.8) is 0 Å². The maximum Gasteiger partial charge on any atom is 0.416 e. The molecule has 3 nitrogen and oxygen atoms in total. The number of carbonyl (C=O) groups is 1. The summed E-state index contributed by atoms with van der Waals surface area (Å²) in [6, 6.07) is 19.1. The molecule has 1 aliphatic rings. The van der Waals surface area contributed by atoms with Crippen molar-refractivity contribution in [1.82, 2.24) is 4.98 Å². The summed E-state index contributed by atoms with van der Waals surface area (Å²) in [5, 5.41) is 1.50. The van der Waals surface area contributed by atoms with Gasteiger partial charge in [-0.15, -0.1) is 11.8 Å². The number of aromatic nitrogens is 1. The van der Waals surface area contributed by atoms with Gasteiger partial charge in [0.2, 0.25) is 0 Å². The van der Waals surface area contributed by atoms with Gasteiger partial charge in [-0.3, -0.25) is 0 Å². The molecule has 5 rings (SSSR count). The first-order valence-corrected chi connectivity index (χ1v) is 12.5. The van der Waals surface area contributed by atoms with E-state index in [0.29, 0.717) is 28.5 Å². The predicted octanol–water partition coefficient (Wildman–Crippen LogP) is 7.88. The summed E-state index contributed by atoms with van der Waals surface area (Å²) < 4.78 is 45.1. The fraction of sp³-hybridized carbons (Fsp3) is 0.250. The van der Waals surface area contributed by atoms with Gasteiger partial charge < -0.3 is 9.72 Å². The molecule has 1 heterocycles. The maximum absolute atomic E-state index is 13.3. The Hall–Kier alpha value is -3.19. The number of halogens is 3. The Morgan fingerprint density at radius 1 is 1.06 bits per heavy atom. The SMILES string of the molecule is CCOC(=O)c1[nH]c2cccc(Cc3cccc(C(F)(F)F)c3)c2c1-c1ccc(SC2CC2)cc1. The first-order chi connectivity index (χ1) is 16.8. The lowest BCUT2D eigenvalue weighted by Gasteiger charge is -2.11. The summed E-state index contributed by atoms with van der Waals surface area (Å²) in [6.07, 6.45) is -1.63. The zero-order valence-electron chi connectivity index (χ0n) is 19.1. The number of fused-ring (bicyclic) bond motifs is 1. The van der Waals surface area contributed by atoms with Gasteiger partial charge in [0.15, 0.2) is 0 Å². The molecule has 0 saturated heterocycles. The molecule has 1 aromatic heterocycles. The number of carbonyl (C=O) groups excluding carboxylic acids is 1. The summed E-state index contributed by atoms with van der Waals surface area (Å²) in [4.78, 5) is 17.3. The molecule has 180 valence electrons. The molecule has 3 aromatic carbocycles. The molecule has 0 bridgehead atoms. The number of alkyl halides is 3. The summed E-state index contributed by atoms with van der Waals surface area (Å²) in [5.41, 5.74) is 3.37. The molecule has 1 N–H and O–H groups in total. The number of esters is 1. The first-order valence-electron chi connectivity index (χ1n) is 11.6. The van der Waals surface area contributed by atoms with Gasteiger partial charge in [0.25, 0.3) is 0 Å². The van der Waals surface area contributed by atoms with Gasteiger partial charge in [-0.25, -0.2) is 4.79 Å². The molecular weight excluding hydrogens is 471 g/mol. The smallest absolute Gasteiger partial charge is 0.416 e. The number of thioether (sulfide) groups is 1. The van der Waals surface area contributed by atoms with Gasteiger partial charge in [0.05, 0.1) is 12.2 Å². The second-order valence-electron chi connectivity index (χ2n) is 8.65. The number of rotatable bonds is 7. The Balaban J connectivity index is 1.61. The number of hydrogen-bond donors (Lipinski definition) is 1. The average molecular weight is 496 g/mol. The van der Waals surface area contributed by atoms with Crippen LogP contribution in [0.1, 0.15) is 46.9 Å². The summed E-state index contributed by atoms with van der Waals surface area (Å²) >= 11 is 1.85. The number of hydrogen-bond acceptors (Lipinski definition) is 3. The van der Waals surface area contributed by atoms with Crippen molar-refractivity contribution >= 4 is 28.6 Å². The Morgan fingerprint density at radius 2 is 1.80 bits per heavy atom. The van der Waals surface area contributed by atoms with Crippen LogP contribution in [0.15, 0.2) is 71.6 Å². The molecule has 0 aliphatic heterocycles. The minimum absolute atomic E-state index is 0.238. The zero-order valence-corrected chi connectivity index (χ0v) is 19.9. The molecule has 1 saturated carbocycles. The lowest BCUT2D eigenvalue weighted by Crippen LogP contribution is -2.06. The van der Waals surface area contributed by atoms with Crippen LogP contribution in [-0.4, -0.2) is 22.8 Å². The Labute approximate surface area is 205 Å². The quantitative estimate of drug-likeness (QED) is 0.265. The van der Waals surface area contributed by atoms with E-state index in [1.807, 2.05) is 42.1 Å². The van der Waals surface area contributed by atoms with E-state index < -0.39 is 17.7 Å². The maximum atomic E-state index is 13.3. The molecule has 4 aromatic rings. The van der Waals surface area contributed by atoms with Crippen LogP contribution in [0.3, 0.4) is 0 Å². The van der Waals surface area contributed by atoms with E-state index >= 15 is 0 Å². The molecule has 0 spiro atoms. The van der Waals surface area contributed by atoms with E-state index in [1.165, 1.54) is 29.9 Å². The van der Waals surface area contributed by atoms with Crippen molar-refractivity contribution in [2.75, 3.05) is 6.61 Å². The van der Waals surface area contributed by atoms with Gasteiger partial charge in [0.1, 0.15) is 5.69 Å². The number of ether oxygens (including phenoxy) is 1. The van der Waals surface area contributed by atoms with Crippen molar-refractivity contribution < 1.29 is 22.7 Å². The summed E-state index contributed by atoms with van der Waals surface area (Å²) in [6.45, 7) is 1.99. The van der Waals surface area contributed by atoms with Crippen LogP contribution >= 0.6 is 11.8 Å². The molecule has 0 atom stereocenters. The third kappa shape index (κ3) is 5.10. The van der Waals surface area contributed by atoms with Gasteiger partial charge in [0, 0.05) is 26.6 Å². The van der Waals surface area contributed by atoms with E-state index in [-0.39, 0.29) is 6.61 Å². The van der Waals surface area contributed by atoms with E-state index in [0.717, 1.165) is 28.1 Å². The standard InChI is InChI=1S/C28H24F3NO2S/c1-2-34-27(33)26-25(18-9-11-21(12-10-18)35-22-13-14-22)24-19(6-4-8-23(24)32-26)15-17-5-3-7-20(16-17)28(29,30)31/h3-12,16,22,32H,2,13-15H2,1H3. The van der Waals surface area contributed by atoms with E-state index in [9.17, 15) is 18.0 Å². The third-order valence-corrected chi connectivity index (χ3v) is 7.36. The van der Waals surface area contributed by atoms with Crippen LogP contribution in [-0.2, 0) is 17.3 Å². The highest BCUT2D eigenvalue weighted by Crippen LogP contribution is 2.41. The molecule has 7 heteroatoms. The predicted molar refractivity (Wildman–Crippen MR) is 133 cm³/mol. The normalized spacial score (nSPS) is 13.8. The Bertz CT molecular complexity index is 1370. The largest absolute Gasteiger partial charge is 0.461 e. The lowest BCUT2D eigenvalue weighted by atomic mass is 9.94. The van der Waals surface area contributed by atoms with Crippen molar-refractivity contribution in [2.24, 2.45) is 0 Å². The minimum atomic E-state index is -4.40. The Kier molecular flexibility index (Phi) is 6.36. The molecule has 0 amide bonds. The lowest BCUT2D eigenvalue weighted by molar-refractivity contribution is -0.137. The number of benzene rings is 3. The van der Waals surface area contributed by atoms with Gasteiger partial charge in [-0.05, 0) is 67.1 Å². The van der Waals surface area contributed by atoms with Gasteiger partial charge >= 0.3 is 12.1 Å². The van der Waals surface area contributed by atoms with Crippen LogP contribution < -0.4 is 0 Å². The van der Waals surface area contributed by atoms with Crippen LogP contribution in [0.4, 0.5) is 13.2 Å². The second-order valence-corrected chi connectivity index (χ2v) is 10.0. The molecule has 0 radical (unpaired) electrons. The van der Waals surface area contributed by atoms with Crippen molar-refractivity contribution in [3.05, 3.63) is 89.1 Å².